The second-order valence-corrected chi connectivity index (χ2v) is 20.1. The van der Waals surface area contributed by atoms with Crippen molar-refractivity contribution < 1.29 is 9.59 Å². The zero-order valence-electron chi connectivity index (χ0n) is 43.1. The normalized spacial score (nSPS) is 13.4. The van der Waals surface area contributed by atoms with Gasteiger partial charge in [-0.05, 0) is 57.7 Å². The number of carbonyl (C=O) groups excluding carboxylic acids is 2. The Hall–Kier alpha value is -1.14. The summed E-state index contributed by atoms with van der Waals surface area (Å²) in [5, 5.41) is 0. The maximum atomic E-state index is 14.0. The van der Waals surface area contributed by atoms with Crippen LogP contribution in [0.1, 0.15) is 279 Å². The molecule has 1 aliphatic rings. The summed E-state index contributed by atoms with van der Waals surface area (Å²) in [6.45, 7) is 20.3. The first-order chi connectivity index (χ1) is 30.5. The van der Waals surface area contributed by atoms with Crippen LogP contribution in [0, 0.1) is 5.92 Å². The molecule has 0 unspecified atom stereocenters. The van der Waals surface area contributed by atoms with Crippen LogP contribution >= 0.6 is 0 Å². The lowest BCUT2D eigenvalue weighted by atomic mass is 9.91. The summed E-state index contributed by atoms with van der Waals surface area (Å²) in [5.74, 6) is 1.14. The van der Waals surface area contributed by atoms with Crippen LogP contribution in [0.4, 0.5) is 0 Å². The fraction of sp³-hybridized carbons (Fsp3) is 0.964. The third-order valence-electron chi connectivity index (χ3n) is 14.2. The van der Waals surface area contributed by atoms with Gasteiger partial charge < -0.3 is 14.7 Å². The van der Waals surface area contributed by atoms with Gasteiger partial charge in [0.05, 0.1) is 6.54 Å². The minimum Gasteiger partial charge on any atom is -0.339 e. The molecule has 62 heavy (non-hydrogen) atoms. The van der Waals surface area contributed by atoms with Crippen molar-refractivity contribution in [1.29, 1.82) is 0 Å². The second kappa shape index (κ2) is 45.0. The summed E-state index contributed by atoms with van der Waals surface area (Å²) in [6, 6.07) is 0. The van der Waals surface area contributed by atoms with E-state index in [-0.39, 0.29) is 5.91 Å². The minimum absolute atomic E-state index is 0.279. The van der Waals surface area contributed by atoms with Gasteiger partial charge >= 0.3 is 0 Å². The highest BCUT2D eigenvalue weighted by molar-refractivity contribution is 5.79. The molecular formula is C56H112N4O2. The van der Waals surface area contributed by atoms with E-state index in [0.29, 0.717) is 51.0 Å². The van der Waals surface area contributed by atoms with Gasteiger partial charge in [0, 0.05) is 45.7 Å². The van der Waals surface area contributed by atoms with Crippen molar-refractivity contribution in [3.8, 4) is 0 Å². The monoisotopic (exact) mass is 873 g/mol. The second-order valence-electron chi connectivity index (χ2n) is 20.1. The van der Waals surface area contributed by atoms with E-state index in [0.717, 1.165) is 19.6 Å². The average Bonchev–Trinajstić information content (AvgIpc) is 3.28. The maximum Gasteiger partial charge on any atom is 0.236 e. The highest BCUT2D eigenvalue weighted by Gasteiger charge is 2.27. The Labute approximate surface area is 389 Å². The van der Waals surface area contributed by atoms with Crippen molar-refractivity contribution in [3.05, 3.63) is 0 Å². The van der Waals surface area contributed by atoms with Crippen LogP contribution < -0.4 is 0 Å². The zero-order valence-corrected chi connectivity index (χ0v) is 43.1. The van der Waals surface area contributed by atoms with Gasteiger partial charge in [-0.2, -0.15) is 0 Å². The lowest BCUT2D eigenvalue weighted by molar-refractivity contribution is -0.140. The Balaban J connectivity index is 2.77. The van der Waals surface area contributed by atoms with Crippen LogP contribution in [-0.2, 0) is 9.59 Å². The molecule has 6 nitrogen and oxygen atoms in total. The fourth-order valence-corrected chi connectivity index (χ4v) is 9.77. The molecule has 6 heteroatoms. The Kier molecular flexibility index (Phi) is 42.8. The van der Waals surface area contributed by atoms with Gasteiger partial charge in [0.1, 0.15) is 0 Å². The number of rotatable bonds is 47. The summed E-state index contributed by atoms with van der Waals surface area (Å²) >= 11 is 0. The molecule has 0 aromatic carbocycles. The first-order valence-electron chi connectivity index (χ1n) is 28.5. The fourth-order valence-electron chi connectivity index (χ4n) is 9.77. The van der Waals surface area contributed by atoms with Gasteiger partial charge in [0.2, 0.25) is 11.8 Å². The Morgan fingerprint density at radius 3 is 0.968 bits per heavy atom. The van der Waals surface area contributed by atoms with Crippen molar-refractivity contribution >= 4 is 11.8 Å². The van der Waals surface area contributed by atoms with Gasteiger partial charge in [0.15, 0.2) is 0 Å². The lowest BCUT2D eigenvalue weighted by Gasteiger charge is -2.36. The van der Waals surface area contributed by atoms with Gasteiger partial charge in [-0.3, -0.25) is 14.5 Å². The van der Waals surface area contributed by atoms with Gasteiger partial charge in [-0.1, -0.05) is 240 Å². The number of hydrogen-bond acceptors (Lipinski definition) is 4. The van der Waals surface area contributed by atoms with Crippen molar-refractivity contribution in [2.75, 3.05) is 65.4 Å². The molecule has 0 saturated carbocycles. The summed E-state index contributed by atoms with van der Waals surface area (Å²) < 4.78 is 0. The molecule has 1 rings (SSSR count). The van der Waals surface area contributed by atoms with E-state index in [1.54, 1.807) is 0 Å². The molecule has 1 fully saturated rings. The number of piperazine rings is 1. The summed E-state index contributed by atoms with van der Waals surface area (Å²) in [4.78, 5) is 37.2. The molecule has 2 amide bonds. The van der Waals surface area contributed by atoms with Crippen LogP contribution in [0.2, 0.25) is 0 Å². The first kappa shape index (κ1) is 58.9. The third kappa shape index (κ3) is 35.2. The predicted molar refractivity (Wildman–Crippen MR) is 273 cm³/mol. The SMILES string of the molecule is CCCCCCCCCC(CCCCCCCCC)CC(=O)N1CCN(C(=O)CN(CCCCCCCCC)CCN(CCCCCCCCC)CCCCCCCCC)CC1. The number of amides is 2. The van der Waals surface area contributed by atoms with Crippen LogP contribution in [0.5, 0.6) is 0 Å². The number of carbonyl (C=O) groups is 2. The van der Waals surface area contributed by atoms with E-state index >= 15 is 0 Å². The zero-order chi connectivity index (χ0) is 45.0. The topological polar surface area (TPSA) is 47.1 Å². The van der Waals surface area contributed by atoms with E-state index in [4.69, 9.17) is 0 Å². The highest BCUT2D eigenvalue weighted by atomic mass is 16.2. The van der Waals surface area contributed by atoms with E-state index < -0.39 is 0 Å². The average molecular weight is 874 g/mol. The van der Waals surface area contributed by atoms with Gasteiger partial charge in [-0.15, -0.1) is 0 Å². The Morgan fingerprint density at radius 2 is 0.613 bits per heavy atom. The molecule has 0 spiro atoms. The predicted octanol–water partition coefficient (Wildman–Crippen LogP) is 15.8. The molecule has 1 aliphatic heterocycles. The minimum atomic E-state index is 0.279. The van der Waals surface area contributed by atoms with Crippen molar-refractivity contribution in [2.45, 2.75) is 279 Å². The van der Waals surface area contributed by atoms with Crippen LogP contribution in [0.25, 0.3) is 0 Å². The number of hydrogen-bond donors (Lipinski definition) is 0. The summed E-state index contributed by atoms with van der Waals surface area (Å²) in [5.41, 5.74) is 0. The van der Waals surface area contributed by atoms with E-state index in [1.165, 1.54) is 251 Å². The van der Waals surface area contributed by atoms with Gasteiger partial charge in [-0.25, -0.2) is 0 Å². The van der Waals surface area contributed by atoms with E-state index in [1.807, 2.05) is 0 Å². The molecule has 0 aliphatic carbocycles. The molecule has 0 aromatic rings. The van der Waals surface area contributed by atoms with Crippen LogP contribution in [0.15, 0.2) is 0 Å². The molecule has 1 saturated heterocycles. The lowest BCUT2D eigenvalue weighted by Crippen LogP contribution is -2.53. The first-order valence-corrected chi connectivity index (χ1v) is 28.5. The maximum absolute atomic E-state index is 14.0. The molecule has 0 bridgehead atoms. The molecule has 0 aromatic heterocycles. The quantitative estimate of drug-likeness (QED) is 0.0572. The highest BCUT2D eigenvalue weighted by Crippen LogP contribution is 2.24. The third-order valence-corrected chi connectivity index (χ3v) is 14.2. The van der Waals surface area contributed by atoms with E-state index in [2.05, 4.69) is 54.2 Å². The van der Waals surface area contributed by atoms with Crippen molar-refractivity contribution in [1.82, 2.24) is 19.6 Å². The summed E-state index contributed by atoms with van der Waals surface area (Å²) in [6.07, 6.45) is 50.0. The molecule has 368 valence electrons. The molecule has 0 N–H and O–H groups in total. The number of nitrogens with zero attached hydrogens (tertiary/aromatic N) is 4. The molecule has 1 heterocycles. The van der Waals surface area contributed by atoms with Crippen LogP contribution in [-0.4, -0.2) is 96.9 Å². The number of unbranched alkanes of at least 4 members (excludes halogenated alkanes) is 30. The Bertz CT molecular complexity index is 916. The van der Waals surface area contributed by atoms with Gasteiger partial charge in [0.25, 0.3) is 0 Å². The summed E-state index contributed by atoms with van der Waals surface area (Å²) in [7, 11) is 0. The molecule has 0 radical (unpaired) electrons. The molecule has 0 atom stereocenters. The van der Waals surface area contributed by atoms with Crippen molar-refractivity contribution in [2.24, 2.45) is 5.92 Å². The smallest absolute Gasteiger partial charge is 0.236 e. The van der Waals surface area contributed by atoms with Crippen molar-refractivity contribution in [3.63, 3.8) is 0 Å². The molecular weight excluding hydrogens is 761 g/mol. The standard InChI is InChI=1S/C56H112N4O2/c1-6-11-16-21-26-31-36-41-54(42-37-32-27-22-17-12-7-2)52-55(61)59-48-50-60(51-49-59)56(62)53-58(45-40-35-30-25-20-15-10-5)47-46-57(43-38-33-28-23-18-13-8-3)44-39-34-29-24-19-14-9-4/h54H,6-53H2,1-5H3. The van der Waals surface area contributed by atoms with E-state index in [9.17, 15) is 9.59 Å². The Morgan fingerprint density at radius 1 is 0.339 bits per heavy atom. The largest absolute Gasteiger partial charge is 0.339 e. The van der Waals surface area contributed by atoms with Crippen LogP contribution in [0.3, 0.4) is 0 Å².